The van der Waals surface area contributed by atoms with E-state index in [9.17, 15) is 13.2 Å². The van der Waals surface area contributed by atoms with Gasteiger partial charge >= 0.3 is 0 Å². The van der Waals surface area contributed by atoms with Crippen molar-refractivity contribution < 1.29 is 13.2 Å². The number of rotatable bonds is 5. The molecular weight excluding hydrogens is 454 g/mol. The monoisotopic (exact) mass is 481 g/mol. The number of aromatic amines is 1. The molecule has 5 heterocycles. The number of nitrogens with one attached hydrogen (secondary N) is 1. The number of amides is 1. The van der Waals surface area contributed by atoms with Crippen molar-refractivity contribution in [1.29, 1.82) is 0 Å². The number of hydrogen-bond donors (Lipinski definition) is 1. The lowest BCUT2D eigenvalue weighted by Gasteiger charge is -2.34. The zero-order valence-corrected chi connectivity index (χ0v) is 20.3. The topological polar surface area (TPSA) is 117 Å². The molecule has 0 bridgehead atoms. The van der Waals surface area contributed by atoms with E-state index >= 15 is 0 Å². The van der Waals surface area contributed by atoms with Crippen LogP contribution in [0, 0.1) is 20.8 Å². The van der Waals surface area contributed by atoms with Gasteiger partial charge in [0.1, 0.15) is 10.5 Å². The Balaban J connectivity index is 1.24. The van der Waals surface area contributed by atoms with Crippen LogP contribution in [0.3, 0.4) is 0 Å². The van der Waals surface area contributed by atoms with E-state index in [0.717, 1.165) is 28.3 Å². The van der Waals surface area contributed by atoms with Gasteiger partial charge in [-0.25, -0.2) is 22.9 Å². The van der Waals surface area contributed by atoms with Crippen LogP contribution in [-0.2, 0) is 21.2 Å². The zero-order chi connectivity index (χ0) is 24.0. The molecule has 4 aromatic heterocycles. The van der Waals surface area contributed by atoms with Crippen LogP contribution in [0.2, 0.25) is 0 Å². The highest BCUT2D eigenvalue weighted by Crippen LogP contribution is 2.25. The molecule has 1 aliphatic rings. The molecule has 4 aromatic rings. The lowest BCUT2D eigenvalue weighted by atomic mass is 10.1. The normalized spacial score (nSPS) is 15.4. The Morgan fingerprint density at radius 3 is 2.68 bits per heavy atom. The lowest BCUT2D eigenvalue weighted by molar-refractivity contribution is -0.132. The highest BCUT2D eigenvalue weighted by Gasteiger charge is 2.32. The number of aromatic nitrogens is 5. The maximum Gasteiger partial charge on any atom is 0.245 e. The van der Waals surface area contributed by atoms with E-state index in [1.807, 2.05) is 31.4 Å². The second-order valence-corrected chi connectivity index (χ2v) is 10.6. The Kier molecular flexibility index (Phi) is 5.61. The van der Waals surface area contributed by atoms with E-state index in [0.29, 0.717) is 37.0 Å². The number of sulfonamides is 1. The highest BCUT2D eigenvalue weighted by molar-refractivity contribution is 7.89. The van der Waals surface area contributed by atoms with Gasteiger partial charge < -0.3 is 9.88 Å². The summed E-state index contributed by atoms with van der Waals surface area (Å²) in [5.41, 5.74) is 5.18. The summed E-state index contributed by atoms with van der Waals surface area (Å²) in [6, 6.07) is 5.40. The first-order valence-electron chi connectivity index (χ1n) is 11.3. The molecule has 1 N–H and O–H groups in total. The number of carbonyl (C=O) groups excluding carboxylic acids is 1. The van der Waals surface area contributed by atoms with Gasteiger partial charge in [0.2, 0.25) is 15.9 Å². The van der Waals surface area contributed by atoms with Gasteiger partial charge in [-0.05, 0) is 44.9 Å². The Hall–Kier alpha value is -3.31. The maximum atomic E-state index is 13.2. The molecule has 0 radical (unpaired) electrons. The minimum atomic E-state index is -3.67. The number of nitrogens with zero attached hydrogens (tertiary/aromatic N) is 6. The molecule has 1 fully saturated rings. The number of fused-ring (bicyclic) bond motifs is 2. The van der Waals surface area contributed by atoms with Crippen LogP contribution < -0.4 is 0 Å². The quantitative estimate of drug-likeness (QED) is 0.466. The standard InChI is InChI=1S/C23H27N7O3S/c1-15-13-21-26-16(2)18(17(3)30(21)27-15)6-7-22(31)28-9-11-29(12-10-28)34(32,33)20-14-25-23-19(20)5-4-8-24-23/h4-5,8,13-14H,6-7,9-12H2,1-3H3,(H,24,25). The summed E-state index contributed by atoms with van der Waals surface area (Å²) in [5, 5.41) is 5.07. The van der Waals surface area contributed by atoms with Crippen molar-refractivity contribution in [2.24, 2.45) is 0 Å². The van der Waals surface area contributed by atoms with Gasteiger partial charge in [-0.2, -0.15) is 9.40 Å². The van der Waals surface area contributed by atoms with Gasteiger partial charge in [-0.1, -0.05) is 0 Å². The van der Waals surface area contributed by atoms with Gasteiger partial charge in [-0.3, -0.25) is 4.79 Å². The van der Waals surface area contributed by atoms with Crippen LogP contribution in [0.5, 0.6) is 0 Å². The molecule has 11 heteroatoms. The first-order chi connectivity index (χ1) is 16.3. The minimum absolute atomic E-state index is 0.0175. The molecule has 178 valence electrons. The van der Waals surface area contributed by atoms with Crippen molar-refractivity contribution in [2.45, 2.75) is 38.5 Å². The Labute approximate surface area is 197 Å². The first kappa shape index (κ1) is 22.5. The van der Waals surface area contributed by atoms with Gasteiger partial charge in [0.25, 0.3) is 0 Å². The van der Waals surface area contributed by atoms with Gasteiger partial charge in [0.15, 0.2) is 5.65 Å². The van der Waals surface area contributed by atoms with Crippen LogP contribution in [0.15, 0.2) is 35.5 Å². The molecule has 1 saturated heterocycles. The van der Waals surface area contributed by atoms with Crippen LogP contribution in [-0.4, -0.2) is 74.3 Å². The molecule has 0 unspecified atom stereocenters. The van der Waals surface area contributed by atoms with Crippen molar-refractivity contribution >= 4 is 32.6 Å². The summed E-state index contributed by atoms with van der Waals surface area (Å²) in [5.74, 6) is 0.0175. The number of piperazine rings is 1. The maximum absolute atomic E-state index is 13.2. The highest BCUT2D eigenvalue weighted by atomic mass is 32.2. The van der Waals surface area contributed by atoms with Crippen molar-refractivity contribution in [1.82, 2.24) is 33.8 Å². The van der Waals surface area contributed by atoms with Gasteiger partial charge in [0, 0.05) is 67.8 Å². The molecule has 34 heavy (non-hydrogen) atoms. The summed E-state index contributed by atoms with van der Waals surface area (Å²) in [6.45, 7) is 7.15. The molecule has 0 atom stereocenters. The molecule has 0 aromatic carbocycles. The minimum Gasteiger partial charge on any atom is -0.345 e. The number of carbonyl (C=O) groups is 1. The smallest absolute Gasteiger partial charge is 0.245 e. The molecule has 10 nitrogen and oxygen atoms in total. The second kappa shape index (κ2) is 8.48. The predicted octanol–water partition coefficient (Wildman–Crippen LogP) is 2.00. The van der Waals surface area contributed by atoms with Crippen LogP contribution in [0.1, 0.15) is 29.1 Å². The van der Waals surface area contributed by atoms with Gasteiger partial charge in [-0.15, -0.1) is 0 Å². The molecule has 1 aliphatic heterocycles. The van der Waals surface area contributed by atoms with E-state index in [1.165, 1.54) is 10.5 Å². The molecule has 0 saturated carbocycles. The molecule has 1 amide bonds. The average molecular weight is 482 g/mol. The number of pyridine rings is 1. The molecule has 0 aliphatic carbocycles. The van der Waals surface area contributed by atoms with E-state index in [-0.39, 0.29) is 23.9 Å². The van der Waals surface area contributed by atoms with Crippen molar-refractivity contribution in [3.63, 3.8) is 0 Å². The number of aryl methyl sites for hydroxylation is 3. The SMILES string of the molecule is Cc1cc2nc(C)c(CCC(=O)N3CCN(S(=O)(=O)c4c[nH]c5ncccc45)CC3)c(C)n2n1. The third-order valence-corrected chi connectivity index (χ3v) is 8.44. The van der Waals surface area contributed by atoms with E-state index < -0.39 is 10.0 Å². The van der Waals surface area contributed by atoms with Gasteiger partial charge in [0.05, 0.1) is 5.69 Å². The largest absolute Gasteiger partial charge is 0.345 e. The van der Waals surface area contributed by atoms with Crippen LogP contribution in [0.25, 0.3) is 16.7 Å². The fourth-order valence-electron chi connectivity index (χ4n) is 4.65. The number of H-pyrrole nitrogens is 1. The fourth-order valence-corrected chi connectivity index (χ4v) is 6.23. The van der Waals surface area contributed by atoms with Crippen molar-refractivity contribution in [2.75, 3.05) is 26.2 Å². The van der Waals surface area contributed by atoms with Crippen LogP contribution in [0.4, 0.5) is 0 Å². The second-order valence-electron chi connectivity index (χ2n) is 8.65. The van der Waals surface area contributed by atoms with Crippen LogP contribution >= 0.6 is 0 Å². The fraction of sp³-hybridized carbons (Fsp3) is 0.391. The average Bonchev–Trinajstić information content (AvgIpc) is 3.42. The summed E-state index contributed by atoms with van der Waals surface area (Å²) >= 11 is 0. The Morgan fingerprint density at radius 2 is 1.91 bits per heavy atom. The summed E-state index contributed by atoms with van der Waals surface area (Å²) in [6.07, 6.45) is 4.02. The Morgan fingerprint density at radius 1 is 1.15 bits per heavy atom. The molecule has 0 spiro atoms. The zero-order valence-electron chi connectivity index (χ0n) is 19.4. The lowest BCUT2D eigenvalue weighted by Crippen LogP contribution is -2.50. The van der Waals surface area contributed by atoms with E-state index in [1.54, 1.807) is 23.2 Å². The van der Waals surface area contributed by atoms with Crippen molar-refractivity contribution in [3.8, 4) is 0 Å². The molecular formula is C23H27N7O3S. The summed E-state index contributed by atoms with van der Waals surface area (Å²) < 4.78 is 29.7. The summed E-state index contributed by atoms with van der Waals surface area (Å²) in [7, 11) is -3.67. The Bertz CT molecular complexity index is 1500. The third kappa shape index (κ3) is 3.84. The predicted molar refractivity (Wildman–Crippen MR) is 127 cm³/mol. The summed E-state index contributed by atoms with van der Waals surface area (Å²) in [4.78, 5) is 26.6. The first-order valence-corrected chi connectivity index (χ1v) is 12.7. The number of hydrogen-bond acceptors (Lipinski definition) is 6. The van der Waals surface area contributed by atoms with E-state index in [4.69, 9.17) is 0 Å². The van der Waals surface area contributed by atoms with E-state index in [2.05, 4.69) is 20.1 Å². The third-order valence-electron chi connectivity index (χ3n) is 6.50. The molecule has 5 rings (SSSR count). The van der Waals surface area contributed by atoms with Crippen molar-refractivity contribution in [3.05, 3.63) is 53.2 Å².